The highest BCUT2D eigenvalue weighted by atomic mass is 32.2. The van der Waals surface area contributed by atoms with Crippen LogP contribution in [0.2, 0.25) is 0 Å². The topological polar surface area (TPSA) is 146 Å². The van der Waals surface area contributed by atoms with Gasteiger partial charge in [0.1, 0.15) is 24.4 Å². The molecule has 0 saturated carbocycles. The zero-order chi connectivity index (χ0) is 19.6. The fraction of sp³-hybridized carbons (Fsp3) is 1.00. The van der Waals surface area contributed by atoms with E-state index in [1.807, 2.05) is 0 Å². The van der Waals surface area contributed by atoms with E-state index in [9.17, 15) is 23.7 Å². The highest BCUT2D eigenvalue weighted by molar-refractivity contribution is 7.90. The molecule has 10 heteroatoms. The molecule has 0 amide bonds. The lowest BCUT2D eigenvalue weighted by Crippen LogP contribution is -2.62. The molecule has 0 spiro atoms. The number of aliphatic hydroxyl groups is 4. The summed E-state index contributed by atoms with van der Waals surface area (Å²) in [7, 11) is -4.12. The molecule has 0 aromatic heterocycles. The highest BCUT2D eigenvalue weighted by Gasteiger charge is 2.48. The van der Waals surface area contributed by atoms with Crippen molar-refractivity contribution in [3.05, 3.63) is 0 Å². The van der Waals surface area contributed by atoms with Crippen molar-refractivity contribution in [2.75, 3.05) is 26.4 Å². The van der Waals surface area contributed by atoms with Gasteiger partial charge in [-0.05, 0) is 6.42 Å². The molecule has 0 unspecified atom stereocenters. The maximum atomic E-state index is 12.2. The van der Waals surface area contributed by atoms with Gasteiger partial charge in [-0.25, -0.2) is 13.1 Å². The van der Waals surface area contributed by atoms with Crippen LogP contribution in [0.15, 0.2) is 0 Å². The predicted molar refractivity (Wildman–Crippen MR) is 94.9 cm³/mol. The minimum absolute atomic E-state index is 0.00676. The van der Waals surface area contributed by atoms with Gasteiger partial charge in [-0.15, -0.1) is 0 Å². The molecule has 0 bridgehead atoms. The molecule has 9 nitrogen and oxygen atoms in total. The van der Waals surface area contributed by atoms with Gasteiger partial charge in [-0.1, -0.05) is 39.0 Å². The summed E-state index contributed by atoms with van der Waals surface area (Å²) in [4.78, 5) is 0. The van der Waals surface area contributed by atoms with Crippen molar-refractivity contribution >= 4 is 10.0 Å². The van der Waals surface area contributed by atoms with Crippen LogP contribution in [-0.4, -0.2) is 85.1 Å². The predicted octanol–water partition coefficient (Wildman–Crippen LogP) is -0.917. The average Bonchev–Trinajstić information content (AvgIpc) is 2.61. The minimum atomic E-state index is -4.12. The van der Waals surface area contributed by atoms with Crippen LogP contribution in [0.3, 0.4) is 0 Å². The Morgan fingerprint density at radius 1 is 0.962 bits per heavy atom. The van der Waals surface area contributed by atoms with Crippen LogP contribution in [0.4, 0.5) is 0 Å². The summed E-state index contributed by atoms with van der Waals surface area (Å²) in [6.07, 6.45) is 0.406. The number of sulfonamides is 1. The van der Waals surface area contributed by atoms with Crippen LogP contribution < -0.4 is 4.72 Å². The summed E-state index contributed by atoms with van der Waals surface area (Å²) in [5.74, 6) is 0. The van der Waals surface area contributed by atoms with Crippen molar-refractivity contribution in [1.29, 1.82) is 0 Å². The molecule has 26 heavy (non-hydrogen) atoms. The number of hydrogen-bond acceptors (Lipinski definition) is 8. The normalized spacial score (nSPS) is 29.8. The lowest BCUT2D eigenvalue weighted by molar-refractivity contribution is -0.207. The summed E-state index contributed by atoms with van der Waals surface area (Å²) >= 11 is 0. The van der Waals surface area contributed by atoms with Crippen molar-refractivity contribution in [1.82, 2.24) is 4.72 Å². The van der Waals surface area contributed by atoms with Crippen molar-refractivity contribution in [2.45, 2.75) is 75.3 Å². The fourth-order valence-corrected chi connectivity index (χ4v) is 4.10. The zero-order valence-electron chi connectivity index (χ0n) is 15.3. The van der Waals surface area contributed by atoms with E-state index >= 15 is 0 Å². The summed E-state index contributed by atoms with van der Waals surface area (Å²) in [5, 5.41) is 38.3. The summed E-state index contributed by atoms with van der Waals surface area (Å²) < 4.78 is 37.1. The standard InChI is InChI=1S/C16H33NO8S/c1-2-3-4-5-6-7-9-24-10-8-17-26(22,23)16-15(21)14(20)13(19)12(11-18)25-16/h12-21H,2-11H2,1H3/t12-,13-,14+,15-,16+/m1/s1. The quantitative estimate of drug-likeness (QED) is 0.250. The maximum absolute atomic E-state index is 12.2. The van der Waals surface area contributed by atoms with Crippen LogP contribution in [0.1, 0.15) is 45.4 Å². The van der Waals surface area contributed by atoms with Gasteiger partial charge in [0.2, 0.25) is 15.5 Å². The Kier molecular flexibility index (Phi) is 11.1. The first kappa shape index (κ1) is 23.7. The van der Waals surface area contributed by atoms with E-state index in [4.69, 9.17) is 14.6 Å². The third kappa shape index (κ3) is 7.35. The van der Waals surface area contributed by atoms with Gasteiger partial charge in [0.05, 0.1) is 13.2 Å². The minimum Gasteiger partial charge on any atom is -0.394 e. The fourth-order valence-electron chi connectivity index (χ4n) is 2.75. The largest absolute Gasteiger partial charge is 0.394 e. The van der Waals surface area contributed by atoms with Crippen molar-refractivity contribution < 1.29 is 38.3 Å². The Hall–Kier alpha value is -0.330. The molecule has 1 saturated heterocycles. The van der Waals surface area contributed by atoms with Crippen LogP contribution in [0.25, 0.3) is 0 Å². The molecule has 1 aliphatic heterocycles. The number of unbranched alkanes of at least 4 members (excludes halogenated alkanes) is 5. The molecule has 0 aliphatic carbocycles. The second kappa shape index (κ2) is 12.2. The lowest BCUT2D eigenvalue weighted by Gasteiger charge is -2.39. The van der Waals surface area contributed by atoms with E-state index in [1.54, 1.807) is 0 Å². The number of rotatable bonds is 13. The van der Waals surface area contributed by atoms with Gasteiger partial charge in [0.25, 0.3) is 0 Å². The van der Waals surface area contributed by atoms with Crippen LogP contribution in [-0.2, 0) is 19.5 Å². The first-order chi connectivity index (χ1) is 12.3. The molecule has 5 atom stereocenters. The van der Waals surface area contributed by atoms with E-state index in [0.29, 0.717) is 6.61 Å². The third-order valence-corrected chi connectivity index (χ3v) is 5.95. The molecule has 1 heterocycles. The summed E-state index contributed by atoms with van der Waals surface area (Å²) in [5.41, 5.74) is -1.78. The Morgan fingerprint density at radius 2 is 1.62 bits per heavy atom. The molecular weight excluding hydrogens is 366 g/mol. The Labute approximate surface area is 155 Å². The Morgan fingerprint density at radius 3 is 2.27 bits per heavy atom. The molecular formula is C16H33NO8S. The smallest absolute Gasteiger partial charge is 0.241 e. The second-order valence-corrected chi connectivity index (χ2v) is 8.36. The third-order valence-electron chi connectivity index (χ3n) is 4.35. The van der Waals surface area contributed by atoms with E-state index in [-0.39, 0.29) is 13.2 Å². The van der Waals surface area contributed by atoms with E-state index in [0.717, 1.165) is 12.8 Å². The van der Waals surface area contributed by atoms with Crippen LogP contribution >= 0.6 is 0 Å². The highest BCUT2D eigenvalue weighted by Crippen LogP contribution is 2.24. The Bertz CT molecular complexity index is 473. The lowest BCUT2D eigenvalue weighted by atomic mass is 10.0. The molecule has 0 aromatic rings. The molecule has 156 valence electrons. The molecule has 1 aliphatic rings. The summed E-state index contributed by atoms with van der Waals surface area (Å²) in [6.45, 7) is 2.19. The van der Waals surface area contributed by atoms with E-state index < -0.39 is 46.5 Å². The first-order valence-electron chi connectivity index (χ1n) is 9.21. The molecule has 0 radical (unpaired) electrons. The number of hydrogen-bond donors (Lipinski definition) is 5. The number of ether oxygens (including phenoxy) is 2. The van der Waals surface area contributed by atoms with Gasteiger partial charge < -0.3 is 29.9 Å². The van der Waals surface area contributed by atoms with Crippen molar-refractivity contribution in [3.8, 4) is 0 Å². The average molecular weight is 400 g/mol. The molecule has 1 fully saturated rings. The van der Waals surface area contributed by atoms with Crippen molar-refractivity contribution in [3.63, 3.8) is 0 Å². The summed E-state index contributed by atoms with van der Waals surface area (Å²) in [6, 6.07) is 0. The van der Waals surface area contributed by atoms with Gasteiger partial charge in [0.15, 0.2) is 0 Å². The first-order valence-corrected chi connectivity index (χ1v) is 10.8. The molecule has 5 N–H and O–H groups in total. The van der Waals surface area contributed by atoms with Gasteiger partial charge >= 0.3 is 0 Å². The SMILES string of the molecule is CCCCCCCCOCCNS(=O)(=O)[C@@H]1O[C@H](CO)[C@@H](O)[C@H](O)[C@H]1O. The zero-order valence-corrected chi connectivity index (χ0v) is 16.1. The number of nitrogens with one attached hydrogen (secondary N) is 1. The van der Waals surface area contributed by atoms with E-state index in [1.165, 1.54) is 25.7 Å². The van der Waals surface area contributed by atoms with Gasteiger partial charge in [0, 0.05) is 13.2 Å². The Balaban J connectivity index is 2.29. The molecule has 0 aromatic carbocycles. The second-order valence-electron chi connectivity index (χ2n) is 6.52. The maximum Gasteiger partial charge on any atom is 0.241 e. The monoisotopic (exact) mass is 399 g/mol. The van der Waals surface area contributed by atoms with Crippen LogP contribution in [0.5, 0.6) is 0 Å². The van der Waals surface area contributed by atoms with Crippen molar-refractivity contribution in [2.24, 2.45) is 0 Å². The van der Waals surface area contributed by atoms with Crippen LogP contribution in [0, 0.1) is 0 Å². The van der Waals surface area contributed by atoms with Gasteiger partial charge in [-0.3, -0.25) is 0 Å². The van der Waals surface area contributed by atoms with Gasteiger partial charge in [-0.2, -0.15) is 0 Å². The van der Waals surface area contributed by atoms with E-state index in [2.05, 4.69) is 11.6 Å². The molecule has 1 rings (SSSR count). The number of aliphatic hydroxyl groups excluding tert-OH is 4.